The fourth-order valence-corrected chi connectivity index (χ4v) is 10.5. The number of esters is 2. The van der Waals surface area contributed by atoms with Crippen molar-refractivity contribution in [3.63, 3.8) is 0 Å². The van der Waals surface area contributed by atoms with Gasteiger partial charge in [0.2, 0.25) is 0 Å². The molecule has 3 saturated carbocycles. The highest BCUT2D eigenvalue weighted by atomic mass is 16.6. The Balaban J connectivity index is 1.04. The van der Waals surface area contributed by atoms with Crippen LogP contribution in [0.2, 0.25) is 0 Å². The van der Waals surface area contributed by atoms with E-state index in [1.807, 2.05) is 60.7 Å². The van der Waals surface area contributed by atoms with E-state index in [2.05, 4.69) is 40.7 Å². The second-order valence-corrected chi connectivity index (χ2v) is 16.0. The van der Waals surface area contributed by atoms with Gasteiger partial charge in [-0.1, -0.05) is 75.2 Å². The molecule has 2 aromatic rings. The number of hydrogen-bond donors (Lipinski definition) is 0. The summed E-state index contributed by atoms with van der Waals surface area (Å²) in [5.74, 6) is 3.36. The van der Waals surface area contributed by atoms with Gasteiger partial charge in [0.25, 0.3) is 0 Å². The second kappa shape index (κ2) is 12.7. The van der Waals surface area contributed by atoms with Crippen molar-refractivity contribution in [3.05, 3.63) is 83.4 Å². The summed E-state index contributed by atoms with van der Waals surface area (Å²) in [5.41, 5.74) is 3.02. The van der Waals surface area contributed by atoms with Crippen molar-refractivity contribution in [2.75, 3.05) is 0 Å². The van der Waals surface area contributed by atoms with Crippen LogP contribution in [0.25, 0.3) is 0 Å². The van der Waals surface area contributed by atoms with Gasteiger partial charge < -0.3 is 9.47 Å². The highest BCUT2D eigenvalue weighted by molar-refractivity contribution is 5.90. The van der Waals surface area contributed by atoms with Gasteiger partial charge in [-0.2, -0.15) is 0 Å². The Kier molecular flexibility index (Phi) is 9.07. The summed E-state index contributed by atoms with van der Waals surface area (Å²) >= 11 is 0. The van der Waals surface area contributed by atoms with E-state index >= 15 is 0 Å². The van der Waals surface area contributed by atoms with Crippen LogP contribution < -0.4 is 0 Å². The lowest BCUT2D eigenvalue weighted by atomic mass is 9.47. The van der Waals surface area contributed by atoms with Crippen LogP contribution in [0.15, 0.2) is 72.3 Å². The summed E-state index contributed by atoms with van der Waals surface area (Å²) in [7, 11) is 0. The predicted octanol–water partition coefficient (Wildman–Crippen LogP) is 10.2. The molecule has 242 valence electrons. The molecule has 8 atom stereocenters. The topological polar surface area (TPSA) is 52.6 Å². The molecule has 0 bridgehead atoms. The van der Waals surface area contributed by atoms with Gasteiger partial charge >= 0.3 is 11.9 Å². The van der Waals surface area contributed by atoms with Gasteiger partial charge in [-0.25, -0.2) is 9.59 Å². The van der Waals surface area contributed by atoms with Gasteiger partial charge in [0.05, 0.1) is 11.1 Å². The summed E-state index contributed by atoms with van der Waals surface area (Å²) < 4.78 is 11.9. The first-order valence-corrected chi connectivity index (χ1v) is 17.7. The average Bonchev–Trinajstić information content (AvgIpc) is 3.39. The lowest BCUT2D eigenvalue weighted by Crippen LogP contribution is -2.51. The lowest BCUT2D eigenvalue weighted by molar-refractivity contribution is -0.0598. The Bertz CT molecular complexity index is 1380. The zero-order chi connectivity index (χ0) is 31.8. The summed E-state index contributed by atoms with van der Waals surface area (Å²) in [6.07, 6.45) is 15.3. The van der Waals surface area contributed by atoms with Crippen molar-refractivity contribution in [2.45, 2.75) is 117 Å². The molecule has 0 aromatic heterocycles. The Morgan fingerprint density at radius 1 is 0.867 bits per heavy atom. The number of ether oxygens (including phenoxy) is 2. The Labute approximate surface area is 271 Å². The molecule has 0 amide bonds. The maximum Gasteiger partial charge on any atom is 0.338 e. The quantitative estimate of drug-likeness (QED) is 0.209. The number of rotatable bonds is 9. The fraction of sp³-hybridized carbons (Fsp3) is 0.610. The van der Waals surface area contributed by atoms with Crippen molar-refractivity contribution in [1.29, 1.82) is 0 Å². The lowest BCUT2D eigenvalue weighted by Gasteiger charge is -2.58. The zero-order valence-corrected chi connectivity index (χ0v) is 28.2. The number of benzene rings is 2. The first kappa shape index (κ1) is 32.1. The molecule has 0 saturated heterocycles. The van der Waals surface area contributed by atoms with Crippen LogP contribution in [0.1, 0.15) is 126 Å². The molecule has 0 N–H and O–H groups in total. The number of allylic oxidation sites excluding steroid dienone is 1. The Hall–Kier alpha value is -2.88. The molecule has 45 heavy (non-hydrogen) atoms. The summed E-state index contributed by atoms with van der Waals surface area (Å²) in [6, 6.07) is 18.8. The van der Waals surface area contributed by atoms with Crippen LogP contribution in [0.5, 0.6) is 0 Å². The number of carbonyl (C=O) groups excluding carboxylic acids is 2. The molecule has 0 heterocycles. The maximum absolute atomic E-state index is 12.8. The van der Waals surface area contributed by atoms with E-state index in [1.54, 1.807) is 5.57 Å². The first-order valence-electron chi connectivity index (χ1n) is 17.7. The average molecular weight is 611 g/mol. The van der Waals surface area contributed by atoms with Gasteiger partial charge in [0.15, 0.2) is 0 Å². The molecular weight excluding hydrogens is 556 g/mol. The van der Waals surface area contributed by atoms with Crippen molar-refractivity contribution >= 4 is 11.9 Å². The monoisotopic (exact) mass is 610 g/mol. The van der Waals surface area contributed by atoms with E-state index in [1.165, 1.54) is 38.5 Å². The Morgan fingerprint density at radius 2 is 1.53 bits per heavy atom. The van der Waals surface area contributed by atoms with Gasteiger partial charge in [0.1, 0.15) is 11.7 Å². The van der Waals surface area contributed by atoms with Crippen LogP contribution in [-0.4, -0.2) is 23.6 Å². The molecule has 1 unspecified atom stereocenters. The Morgan fingerprint density at radius 3 is 2.22 bits per heavy atom. The van der Waals surface area contributed by atoms with Crippen LogP contribution in [0.3, 0.4) is 0 Å². The zero-order valence-electron chi connectivity index (χ0n) is 28.2. The molecule has 4 heteroatoms. The van der Waals surface area contributed by atoms with Crippen molar-refractivity contribution in [3.8, 4) is 0 Å². The minimum atomic E-state index is -0.465. The molecule has 0 spiro atoms. The third kappa shape index (κ3) is 6.41. The van der Waals surface area contributed by atoms with E-state index < -0.39 is 5.60 Å². The molecule has 2 aromatic carbocycles. The van der Waals surface area contributed by atoms with Gasteiger partial charge in [-0.05, 0) is 136 Å². The van der Waals surface area contributed by atoms with Crippen molar-refractivity contribution in [2.24, 2.45) is 40.4 Å². The summed E-state index contributed by atoms with van der Waals surface area (Å²) in [6.45, 7) is 11.8. The smallest absolute Gasteiger partial charge is 0.338 e. The van der Waals surface area contributed by atoms with E-state index in [4.69, 9.17) is 9.47 Å². The van der Waals surface area contributed by atoms with Crippen LogP contribution in [0.4, 0.5) is 0 Å². The summed E-state index contributed by atoms with van der Waals surface area (Å²) in [4.78, 5) is 25.4. The molecule has 4 aliphatic carbocycles. The number of carbonyl (C=O) groups is 2. The van der Waals surface area contributed by atoms with Gasteiger partial charge in [-0.3, -0.25) is 0 Å². The first-order chi connectivity index (χ1) is 21.5. The molecule has 3 fully saturated rings. The largest absolute Gasteiger partial charge is 0.458 e. The number of hydrogen-bond acceptors (Lipinski definition) is 4. The number of fused-ring (bicyclic) bond motifs is 5. The molecule has 6 rings (SSSR count). The van der Waals surface area contributed by atoms with E-state index in [0.29, 0.717) is 22.5 Å². The third-order valence-corrected chi connectivity index (χ3v) is 12.9. The molecule has 4 nitrogen and oxygen atoms in total. The van der Waals surface area contributed by atoms with Crippen molar-refractivity contribution in [1.82, 2.24) is 0 Å². The molecule has 0 aliphatic heterocycles. The van der Waals surface area contributed by atoms with Crippen molar-refractivity contribution < 1.29 is 19.1 Å². The maximum atomic E-state index is 12.8. The predicted molar refractivity (Wildman–Crippen MR) is 180 cm³/mol. The molecule has 4 aliphatic rings. The standard InChI is InChI=1S/C41H54O4/c1-28(13-12-24-39(2,3)45-38(43)30-16-10-7-11-17-30)34-20-21-35-33-19-18-31-27-32(44-37(42)29-14-8-6-9-15-29)22-25-40(31,4)36(33)23-26-41(34,35)5/h6-11,14-18,28,32-36H,12-13,19-27H2,1-5H3/t28-,32?,33+,34-,35+,36+,40+,41-/m1/s1. The molecule has 0 radical (unpaired) electrons. The highest BCUT2D eigenvalue weighted by Crippen LogP contribution is 2.67. The fourth-order valence-electron chi connectivity index (χ4n) is 10.5. The SMILES string of the molecule is C[C@H](CCCC(C)(C)OC(=O)c1ccccc1)[C@H]1CC[C@H]2[C@@H]3CC=C4CC(OC(=O)c5ccccc5)CC[C@]4(C)[C@H]3CC[C@]12C. The van der Waals surface area contributed by atoms with Crippen LogP contribution in [-0.2, 0) is 9.47 Å². The van der Waals surface area contributed by atoms with E-state index in [9.17, 15) is 9.59 Å². The second-order valence-electron chi connectivity index (χ2n) is 16.0. The molecular formula is C41H54O4. The van der Waals surface area contributed by atoms with Crippen LogP contribution >= 0.6 is 0 Å². The van der Waals surface area contributed by atoms with Gasteiger partial charge in [0, 0.05) is 6.42 Å². The minimum Gasteiger partial charge on any atom is -0.458 e. The summed E-state index contributed by atoms with van der Waals surface area (Å²) in [5, 5.41) is 0. The minimum absolute atomic E-state index is 0.00835. The highest BCUT2D eigenvalue weighted by Gasteiger charge is 2.59. The normalized spacial score (nSPS) is 33.2. The van der Waals surface area contributed by atoms with E-state index in [-0.39, 0.29) is 23.5 Å². The third-order valence-electron chi connectivity index (χ3n) is 12.9. The van der Waals surface area contributed by atoms with Crippen LogP contribution in [0, 0.1) is 40.4 Å². The van der Waals surface area contributed by atoms with Gasteiger partial charge in [-0.15, -0.1) is 0 Å². The van der Waals surface area contributed by atoms with E-state index in [0.717, 1.165) is 55.8 Å².